The van der Waals surface area contributed by atoms with E-state index in [9.17, 15) is 0 Å². The van der Waals surface area contributed by atoms with Gasteiger partial charge in [-0.3, -0.25) is 0 Å². The number of rotatable bonds is 6. The third kappa shape index (κ3) is 4.28. The molecule has 3 nitrogen and oxygen atoms in total. The van der Waals surface area contributed by atoms with Crippen molar-refractivity contribution in [2.75, 3.05) is 0 Å². The summed E-state index contributed by atoms with van der Waals surface area (Å²) in [6, 6.07) is 35.2. The summed E-state index contributed by atoms with van der Waals surface area (Å²) in [4.78, 5) is 0. The number of fused-ring (bicyclic) bond motifs is 6. The second kappa shape index (κ2) is 10.4. The first-order valence-corrected chi connectivity index (χ1v) is 13.3. The summed E-state index contributed by atoms with van der Waals surface area (Å²) < 4.78 is 2.44. The first kappa shape index (κ1) is 24.3. The predicted molar refractivity (Wildman–Crippen MR) is 169 cm³/mol. The van der Waals surface area contributed by atoms with E-state index in [2.05, 4.69) is 119 Å². The molecule has 0 bridgehead atoms. The second-order valence-electron chi connectivity index (χ2n) is 9.60. The third-order valence-electron chi connectivity index (χ3n) is 7.32. The minimum Gasteiger partial charge on any atom is -0.405 e. The Hall–Kier alpha value is -5.02. The molecule has 0 unspecified atom stereocenters. The lowest BCUT2D eigenvalue weighted by molar-refractivity contribution is 1.10. The molecule has 0 saturated heterocycles. The average Bonchev–Trinajstić information content (AvgIpc) is 3.32. The number of para-hydroxylation sites is 1. The number of aromatic nitrogens is 1. The Kier molecular flexibility index (Phi) is 6.48. The van der Waals surface area contributed by atoms with Crippen molar-refractivity contribution in [3.63, 3.8) is 0 Å². The molecule has 6 rings (SSSR count). The SMILES string of the molecule is C/C=C\C(=C/NC(/C=C\N)=C/C)c1ccc2c(ccc3c4ccccc4n(-c4cccc5ccccc45)c23)c1. The van der Waals surface area contributed by atoms with Gasteiger partial charge in [-0.2, -0.15) is 0 Å². The van der Waals surface area contributed by atoms with E-state index in [1.54, 1.807) is 6.20 Å². The van der Waals surface area contributed by atoms with Gasteiger partial charge < -0.3 is 15.6 Å². The monoisotopic (exact) mass is 505 g/mol. The second-order valence-corrected chi connectivity index (χ2v) is 9.60. The van der Waals surface area contributed by atoms with Crippen molar-refractivity contribution in [1.82, 2.24) is 9.88 Å². The van der Waals surface area contributed by atoms with Crippen molar-refractivity contribution >= 4 is 48.9 Å². The molecule has 0 amide bonds. The maximum absolute atomic E-state index is 5.60. The molecule has 0 radical (unpaired) electrons. The van der Waals surface area contributed by atoms with Crippen molar-refractivity contribution in [2.24, 2.45) is 5.73 Å². The van der Waals surface area contributed by atoms with Crippen LogP contribution in [0.1, 0.15) is 19.4 Å². The Balaban J connectivity index is 1.60. The first-order chi connectivity index (χ1) is 19.2. The van der Waals surface area contributed by atoms with Gasteiger partial charge in [0.1, 0.15) is 0 Å². The van der Waals surface area contributed by atoms with Crippen LogP contribution in [-0.2, 0) is 0 Å². The summed E-state index contributed by atoms with van der Waals surface area (Å²) >= 11 is 0. The minimum absolute atomic E-state index is 0.946. The van der Waals surface area contributed by atoms with E-state index in [4.69, 9.17) is 5.73 Å². The highest BCUT2D eigenvalue weighted by Gasteiger charge is 2.16. The quantitative estimate of drug-likeness (QED) is 0.222. The Bertz CT molecular complexity index is 1960. The van der Waals surface area contributed by atoms with Gasteiger partial charge in [-0.15, -0.1) is 0 Å². The van der Waals surface area contributed by atoms with E-state index in [-0.39, 0.29) is 0 Å². The maximum atomic E-state index is 5.60. The van der Waals surface area contributed by atoms with Gasteiger partial charge in [0.2, 0.25) is 0 Å². The highest BCUT2D eigenvalue weighted by Crippen LogP contribution is 2.38. The van der Waals surface area contributed by atoms with Crippen LogP contribution in [0.4, 0.5) is 0 Å². The molecule has 0 saturated carbocycles. The molecule has 0 spiro atoms. The number of hydrogen-bond donors (Lipinski definition) is 2. The molecule has 6 aromatic rings. The van der Waals surface area contributed by atoms with Crippen LogP contribution in [0.2, 0.25) is 0 Å². The summed E-state index contributed by atoms with van der Waals surface area (Å²) in [5.41, 5.74) is 12.4. The van der Waals surface area contributed by atoms with Crippen LogP contribution in [-0.4, -0.2) is 4.57 Å². The molecule has 0 fully saturated rings. The smallest absolute Gasteiger partial charge is 0.0619 e. The van der Waals surface area contributed by atoms with Gasteiger partial charge in [0.05, 0.1) is 16.7 Å². The standard InChI is InChI=1S/C36H31N3/c1-3-10-28(24-38-29(4-2)21-22-37)26-17-19-31-27(23-26)18-20-33-32-14-7-8-15-35(32)39(36(31)33)34-16-9-12-25-11-5-6-13-30(25)34/h3-24,38H,37H2,1-2H3/b10-3-,22-21-,28-24+,29-4+. The molecule has 0 aliphatic heterocycles. The number of nitrogens with zero attached hydrogens (tertiary/aromatic N) is 1. The van der Waals surface area contributed by atoms with Gasteiger partial charge in [-0.05, 0) is 66.2 Å². The van der Waals surface area contributed by atoms with Gasteiger partial charge in [0.25, 0.3) is 0 Å². The van der Waals surface area contributed by atoms with Gasteiger partial charge in [0, 0.05) is 33.4 Å². The van der Waals surface area contributed by atoms with E-state index in [1.807, 2.05) is 32.2 Å². The molecule has 0 aliphatic rings. The van der Waals surface area contributed by atoms with E-state index in [1.165, 1.54) is 49.0 Å². The molecule has 1 aromatic heterocycles. The molecular weight excluding hydrogens is 474 g/mol. The Morgan fingerprint density at radius 1 is 0.718 bits per heavy atom. The number of allylic oxidation sites excluding steroid dienone is 5. The van der Waals surface area contributed by atoms with E-state index >= 15 is 0 Å². The number of nitrogens with one attached hydrogen (secondary N) is 1. The van der Waals surface area contributed by atoms with Crippen molar-refractivity contribution in [3.05, 3.63) is 145 Å². The van der Waals surface area contributed by atoms with E-state index < -0.39 is 0 Å². The van der Waals surface area contributed by atoms with Crippen LogP contribution in [0, 0.1) is 0 Å². The van der Waals surface area contributed by atoms with E-state index in [0.29, 0.717) is 0 Å². The fourth-order valence-corrected chi connectivity index (χ4v) is 5.52. The lowest BCUT2D eigenvalue weighted by Crippen LogP contribution is -2.04. The summed E-state index contributed by atoms with van der Waals surface area (Å²) in [6.45, 7) is 4.03. The Morgan fingerprint density at radius 3 is 2.31 bits per heavy atom. The number of hydrogen-bond acceptors (Lipinski definition) is 2. The lowest BCUT2D eigenvalue weighted by atomic mass is 9.99. The predicted octanol–water partition coefficient (Wildman–Crippen LogP) is 8.97. The van der Waals surface area contributed by atoms with Crippen LogP contribution in [0.15, 0.2) is 139 Å². The maximum Gasteiger partial charge on any atom is 0.0619 e. The zero-order chi connectivity index (χ0) is 26.8. The van der Waals surface area contributed by atoms with Gasteiger partial charge in [0.15, 0.2) is 0 Å². The Labute approximate surface area is 228 Å². The highest BCUT2D eigenvalue weighted by molar-refractivity contribution is 6.19. The van der Waals surface area contributed by atoms with Crippen LogP contribution in [0.25, 0.3) is 54.6 Å². The highest BCUT2D eigenvalue weighted by atomic mass is 15.0. The van der Waals surface area contributed by atoms with Crippen molar-refractivity contribution in [2.45, 2.75) is 13.8 Å². The molecular formula is C36H31N3. The number of benzene rings is 5. The fourth-order valence-electron chi connectivity index (χ4n) is 5.52. The molecule has 3 heteroatoms. The van der Waals surface area contributed by atoms with Crippen molar-refractivity contribution < 1.29 is 0 Å². The molecule has 190 valence electrons. The summed E-state index contributed by atoms with van der Waals surface area (Å²) in [5.74, 6) is 0. The topological polar surface area (TPSA) is 43.0 Å². The van der Waals surface area contributed by atoms with Gasteiger partial charge in [-0.25, -0.2) is 0 Å². The van der Waals surface area contributed by atoms with Crippen molar-refractivity contribution in [1.29, 1.82) is 0 Å². The summed E-state index contributed by atoms with van der Waals surface area (Å²) in [6.07, 6.45) is 11.6. The summed E-state index contributed by atoms with van der Waals surface area (Å²) in [7, 11) is 0. The zero-order valence-corrected chi connectivity index (χ0v) is 22.2. The van der Waals surface area contributed by atoms with Crippen LogP contribution < -0.4 is 11.1 Å². The van der Waals surface area contributed by atoms with Crippen LogP contribution >= 0.6 is 0 Å². The average molecular weight is 506 g/mol. The number of nitrogens with two attached hydrogens (primary N) is 1. The van der Waals surface area contributed by atoms with Crippen molar-refractivity contribution in [3.8, 4) is 5.69 Å². The first-order valence-electron chi connectivity index (χ1n) is 13.3. The molecule has 1 heterocycles. The van der Waals surface area contributed by atoms with Gasteiger partial charge in [-0.1, -0.05) is 97.1 Å². The van der Waals surface area contributed by atoms with Gasteiger partial charge >= 0.3 is 0 Å². The third-order valence-corrected chi connectivity index (χ3v) is 7.32. The molecule has 3 N–H and O–H groups in total. The minimum atomic E-state index is 0.946. The normalized spacial score (nSPS) is 13.1. The Morgan fingerprint density at radius 2 is 1.49 bits per heavy atom. The molecule has 5 aromatic carbocycles. The zero-order valence-electron chi connectivity index (χ0n) is 22.2. The van der Waals surface area contributed by atoms with Crippen LogP contribution in [0.5, 0.6) is 0 Å². The van der Waals surface area contributed by atoms with E-state index in [0.717, 1.165) is 16.8 Å². The largest absolute Gasteiger partial charge is 0.405 e. The molecule has 0 atom stereocenters. The fraction of sp³-hybridized carbons (Fsp3) is 0.0556. The molecule has 39 heavy (non-hydrogen) atoms. The summed E-state index contributed by atoms with van der Waals surface area (Å²) in [5, 5.41) is 10.8. The van der Waals surface area contributed by atoms with Crippen LogP contribution in [0.3, 0.4) is 0 Å². The lowest BCUT2D eigenvalue weighted by Gasteiger charge is -2.13. The molecule has 0 aliphatic carbocycles.